The predicted octanol–water partition coefficient (Wildman–Crippen LogP) is 2.85. The van der Waals surface area contributed by atoms with E-state index in [1.165, 1.54) is 0 Å². The van der Waals surface area contributed by atoms with Gasteiger partial charge in [-0.15, -0.1) is 0 Å². The van der Waals surface area contributed by atoms with Crippen molar-refractivity contribution in [3.8, 4) is 0 Å². The van der Waals surface area contributed by atoms with Crippen LogP contribution in [0.1, 0.15) is 19.3 Å². The first-order valence-corrected chi connectivity index (χ1v) is 3.25. The van der Waals surface area contributed by atoms with Gasteiger partial charge < -0.3 is 0 Å². The Balaban J connectivity index is 3.78. The van der Waals surface area contributed by atoms with E-state index >= 15 is 0 Å². The monoisotopic (exact) mass is 208 g/mol. The molecule has 0 aliphatic heterocycles. The van der Waals surface area contributed by atoms with Gasteiger partial charge in [0.25, 0.3) is 0 Å². The zero-order valence-corrected chi connectivity index (χ0v) is 6.30. The van der Waals surface area contributed by atoms with Gasteiger partial charge in [0, 0.05) is 6.42 Å². The van der Waals surface area contributed by atoms with E-state index < -0.39 is 37.4 Å². The third-order valence-corrected chi connectivity index (χ3v) is 1.08. The molecule has 0 heterocycles. The number of carbonyl (C=O) groups is 1. The molecule has 0 spiro atoms. The van der Waals surface area contributed by atoms with Crippen molar-refractivity contribution < 1.29 is 31.1 Å². The smallest absolute Gasteiger partial charge is 0.299 e. The van der Waals surface area contributed by atoms with E-state index in [1.54, 1.807) is 0 Å². The van der Waals surface area contributed by atoms with Crippen LogP contribution in [0.2, 0.25) is 0 Å². The summed E-state index contributed by atoms with van der Waals surface area (Å²) in [6.45, 7) is 0. The summed E-state index contributed by atoms with van der Waals surface area (Å²) in [5.41, 5.74) is 0. The van der Waals surface area contributed by atoms with E-state index in [0.29, 0.717) is 0 Å². The third kappa shape index (κ3) is 9.16. The molecule has 0 radical (unpaired) electrons. The van der Waals surface area contributed by atoms with Crippen LogP contribution in [0.5, 0.6) is 0 Å². The number of hydrogen-bond donors (Lipinski definition) is 0. The Morgan fingerprint density at radius 1 is 0.923 bits per heavy atom. The van der Waals surface area contributed by atoms with Gasteiger partial charge in [0.05, 0.1) is 6.42 Å². The molecule has 0 aromatic carbocycles. The minimum Gasteiger partial charge on any atom is -0.299 e. The quantitative estimate of drug-likeness (QED) is 0.651. The lowest BCUT2D eigenvalue weighted by Crippen LogP contribution is -2.17. The maximum Gasteiger partial charge on any atom is 0.395 e. The first-order chi connectivity index (χ1) is 5.60. The van der Waals surface area contributed by atoms with Crippen LogP contribution in [0.25, 0.3) is 0 Å². The van der Waals surface area contributed by atoms with Crippen molar-refractivity contribution in [2.45, 2.75) is 31.6 Å². The van der Waals surface area contributed by atoms with E-state index in [2.05, 4.69) is 0 Å². The van der Waals surface area contributed by atoms with Crippen LogP contribution < -0.4 is 0 Å². The van der Waals surface area contributed by atoms with Gasteiger partial charge in [-0.2, -0.15) is 26.3 Å². The van der Waals surface area contributed by atoms with Crippen molar-refractivity contribution in [2.24, 2.45) is 0 Å². The van der Waals surface area contributed by atoms with Gasteiger partial charge in [-0.05, 0) is 0 Å². The van der Waals surface area contributed by atoms with Crippen LogP contribution >= 0.6 is 0 Å². The maximum atomic E-state index is 11.4. The topological polar surface area (TPSA) is 17.1 Å². The van der Waals surface area contributed by atoms with Crippen molar-refractivity contribution in [1.82, 2.24) is 0 Å². The fraction of sp³-hybridized carbons (Fsp3) is 0.833. The molecule has 0 unspecified atom stereocenters. The molecule has 0 aliphatic carbocycles. The summed E-state index contributed by atoms with van der Waals surface area (Å²) in [6.07, 6.45) is -13.7. The van der Waals surface area contributed by atoms with Crippen LogP contribution in [0.15, 0.2) is 0 Å². The van der Waals surface area contributed by atoms with Crippen molar-refractivity contribution >= 4 is 5.78 Å². The number of hydrogen-bond acceptors (Lipinski definition) is 1. The largest absolute Gasteiger partial charge is 0.395 e. The Kier molecular flexibility index (Phi) is 3.74. The van der Waals surface area contributed by atoms with Gasteiger partial charge in [0.1, 0.15) is 12.2 Å². The van der Waals surface area contributed by atoms with Gasteiger partial charge in [0.15, 0.2) is 0 Å². The summed E-state index contributed by atoms with van der Waals surface area (Å²) in [5.74, 6) is -1.44. The number of halogens is 6. The van der Waals surface area contributed by atoms with Gasteiger partial charge >= 0.3 is 12.4 Å². The van der Waals surface area contributed by atoms with Gasteiger partial charge in [-0.1, -0.05) is 0 Å². The summed E-state index contributed by atoms with van der Waals surface area (Å²) in [5, 5.41) is 0. The normalized spacial score (nSPS) is 13.1. The summed E-state index contributed by atoms with van der Waals surface area (Å²) < 4.78 is 68.5. The molecule has 7 heteroatoms. The molecule has 1 nitrogen and oxygen atoms in total. The average Bonchev–Trinajstić information content (AvgIpc) is 1.78. The molecule has 0 fully saturated rings. The molecule has 0 saturated heterocycles. The molecule has 0 saturated carbocycles. The Bertz CT molecular complexity index is 179. The van der Waals surface area contributed by atoms with E-state index in [0.717, 1.165) is 0 Å². The SMILES string of the molecule is O=C(CCC(F)(F)F)CC(F)(F)F. The van der Waals surface area contributed by atoms with Crippen molar-refractivity contribution in [2.75, 3.05) is 0 Å². The average molecular weight is 208 g/mol. The van der Waals surface area contributed by atoms with Crippen molar-refractivity contribution in [3.05, 3.63) is 0 Å². The van der Waals surface area contributed by atoms with Crippen LogP contribution in [-0.4, -0.2) is 18.1 Å². The lowest BCUT2D eigenvalue weighted by Gasteiger charge is -2.06. The highest BCUT2D eigenvalue weighted by Crippen LogP contribution is 2.25. The van der Waals surface area contributed by atoms with Crippen LogP contribution in [0.3, 0.4) is 0 Å². The molecular formula is C6H6F6O. The zero-order valence-electron chi connectivity index (χ0n) is 6.30. The summed E-state index contributed by atoms with van der Waals surface area (Å²) >= 11 is 0. The fourth-order valence-corrected chi connectivity index (χ4v) is 0.593. The Morgan fingerprint density at radius 2 is 1.38 bits per heavy atom. The summed E-state index contributed by atoms with van der Waals surface area (Å²) in [7, 11) is 0. The lowest BCUT2D eigenvalue weighted by molar-refractivity contribution is -0.159. The molecule has 78 valence electrons. The summed E-state index contributed by atoms with van der Waals surface area (Å²) in [4.78, 5) is 10.3. The van der Waals surface area contributed by atoms with E-state index in [-0.39, 0.29) is 0 Å². The second kappa shape index (κ2) is 3.97. The van der Waals surface area contributed by atoms with Gasteiger partial charge in [0.2, 0.25) is 0 Å². The number of carbonyl (C=O) groups excluding carboxylic acids is 1. The summed E-state index contributed by atoms with van der Waals surface area (Å²) in [6, 6.07) is 0. The Hall–Kier alpha value is -0.750. The van der Waals surface area contributed by atoms with Gasteiger partial charge in [-0.25, -0.2) is 0 Å². The minimum absolute atomic E-state index is 1.11. The second-order valence-electron chi connectivity index (χ2n) is 2.45. The molecule has 0 aromatic rings. The number of Topliss-reactive ketones (excluding diaryl/α,β-unsaturated/α-hetero) is 1. The highest BCUT2D eigenvalue weighted by atomic mass is 19.4. The maximum absolute atomic E-state index is 11.4. The molecule has 13 heavy (non-hydrogen) atoms. The van der Waals surface area contributed by atoms with E-state index in [1.807, 2.05) is 0 Å². The van der Waals surface area contributed by atoms with Crippen molar-refractivity contribution in [1.29, 1.82) is 0 Å². The number of rotatable bonds is 3. The number of alkyl halides is 6. The highest BCUT2D eigenvalue weighted by Gasteiger charge is 2.33. The second-order valence-corrected chi connectivity index (χ2v) is 2.45. The van der Waals surface area contributed by atoms with Gasteiger partial charge in [-0.3, -0.25) is 4.79 Å². The number of ketones is 1. The van der Waals surface area contributed by atoms with E-state index in [9.17, 15) is 31.1 Å². The Labute approximate surface area is 69.7 Å². The zero-order chi connectivity index (χ0) is 10.7. The molecule has 0 N–H and O–H groups in total. The molecule has 0 aliphatic rings. The first kappa shape index (κ1) is 12.2. The van der Waals surface area contributed by atoms with Crippen LogP contribution in [0.4, 0.5) is 26.3 Å². The lowest BCUT2D eigenvalue weighted by atomic mass is 10.1. The highest BCUT2D eigenvalue weighted by molar-refractivity contribution is 5.79. The molecule has 0 bridgehead atoms. The predicted molar refractivity (Wildman–Crippen MR) is 31.0 cm³/mol. The Morgan fingerprint density at radius 3 is 1.69 bits per heavy atom. The van der Waals surface area contributed by atoms with Crippen LogP contribution in [-0.2, 0) is 4.79 Å². The first-order valence-electron chi connectivity index (χ1n) is 3.25. The molecular weight excluding hydrogens is 202 g/mol. The van der Waals surface area contributed by atoms with Crippen LogP contribution in [0, 0.1) is 0 Å². The minimum atomic E-state index is -4.72. The molecule has 0 rings (SSSR count). The van der Waals surface area contributed by atoms with E-state index in [4.69, 9.17) is 0 Å². The molecule has 0 aromatic heterocycles. The molecule has 0 atom stereocenters. The standard InChI is InChI=1S/C6H6F6O/c7-5(8,9)2-1-4(13)3-6(10,11)12/h1-3H2. The fourth-order valence-electron chi connectivity index (χ4n) is 0.593. The molecule has 0 amide bonds. The van der Waals surface area contributed by atoms with Crippen molar-refractivity contribution in [3.63, 3.8) is 0 Å². The third-order valence-electron chi connectivity index (χ3n) is 1.08.